The number of amides is 1. The lowest BCUT2D eigenvalue weighted by atomic mass is 10.3. The van der Waals surface area contributed by atoms with Crippen molar-refractivity contribution in [2.24, 2.45) is 0 Å². The largest absolute Gasteiger partial charge is 0.351 e. The Bertz CT molecular complexity index is 828. The molecule has 0 bridgehead atoms. The molecule has 0 spiro atoms. The third kappa shape index (κ3) is 3.29. The summed E-state index contributed by atoms with van der Waals surface area (Å²) in [6, 6.07) is 10.1. The first-order valence-corrected chi connectivity index (χ1v) is 8.65. The van der Waals surface area contributed by atoms with E-state index < -0.39 is 0 Å². The molecule has 0 radical (unpaired) electrons. The molecule has 120 valence electrons. The molecule has 0 unspecified atom stereocenters. The van der Waals surface area contributed by atoms with Crippen LogP contribution in [-0.4, -0.2) is 22.0 Å². The number of hydrogen-bond donors (Lipinski definition) is 1. The van der Waals surface area contributed by atoms with E-state index in [4.69, 9.17) is 0 Å². The molecule has 0 atom stereocenters. The molecule has 3 rings (SSSR count). The van der Waals surface area contributed by atoms with E-state index in [1.165, 1.54) is 10.4 Å². The number of hydrogen-bond acceptors (Lipinski definition) is 3. The summed E-state index contributed by atoms with van der Waals surface area (Å²) in [5, 5.41) is 3.01. The Balaban J connectivity index is 1.57. The van der Waals surface area contributed by atoms with Crippen molar-refractivity contribution < 1.29 is 4.79 Å². The fraction of sp³-hybridized carbons (Fsp3) is 0.333. The van der Waals surface area contributed by atoms with Crippen LogP contribution < -0.4 is 5.32 Å². The molecule has 23 heavy (non-hydrogen) atoms. The number of nitrogens with zero attached hydrogens (tertiary/aromatic N) is 2. The number of aromatic nitrogens is 2. The van der Waals surface area contributed by atoms with Crippen molar-refractivity contribution in [2.75, 3.05) is 6.54 Å². The van der Waals surface area contributed by atoms with Crippen molar-refractivity contribution in [2.45, 2.75) is 33.7 Å². The lowest BCUT2D eigenvalue weighted by molar-refractivity contribution is 0.0957. The van der Waals surface area contributed by atoms with Gasteiger partial charge < -0.3 is 9.88 Å². The van der Waals surface area contributed by atoms with E-state index in [9.17, 15) is 4.79 Å². The Morgan fingerprint density at radius 3 is 2.78 bits per heavy atom. The van der Waals surface area contributed by atoms with Crippen LogP contribution in [0.5, 0.6) is 0 Å². The van der Waals surface area contributed by atoms with E-state index in [-0.39, 0.29) is 5.91 Å². The van der Waals surface area contributed by atoms with Gasteiger partial charge in [0.05, 0.1) is 15.9 Å². The smallest absolute Gasteiger partial charge is 0.261 e. The van der Waals surface area contributed by atoms with Crippen molar-refractivity contribution in [3.05, 3.63) is 51.5 Å². The fourth-order valence-corrected chi connectivity index (χ4v) is 3.64. The predicted molar refractivity (Wildman–Crippen MR) is 95.2 cm³/mol. The minimum absolute atomic E-state index is 0.0263. The van der Waals surface area contributed by atoms with Crippen LogP contribution in [0.15, 0.2) is 30.3 Å². The highest BCUT2D eigenvalue weighted by Gasteiger charge is 2.10. The Morgan fingerprint density at radius 2 is 2.04 bits per heavy atom. The van der Waals surface area contributed by atoms with E-state index in [1.54, 1.807) is 11.3 Å². The topological polar surface area (TPSA) is 46.9 Å². The number of carbonyl (C=O) groups is 1. The summed E-state index contributed by atoms with van der Waals surface area (Å²) in [5.41, 5.74) is 3.36. The van der Waals surface area contributed by atoms with Gasteiger partial charge in [0.25, 0.3) is 5.91 Å². The van der Waals surface area contributed by atoms with Gasteiger partial charge in [0, 0.05) is 18.0 Å². The Kier molecular flexibility index (Phi) is 4.48. The quantitative estimate of drug-likeness (QED) is 0.724. The van der Waals surface area contributed by atoms with E-state index in [1.807, 2.05) is 45.0 Å². The first-order valence-electron chi connectivity index (χ1n) is 7.83. The number of nitrogens with one attached hydrogen (secondary N) is 1. The summed E-state index contributed by atoms with van der Waals surface area (Å²) in [5.74, 6) is 1.04. The van der Waals surface area contributed by atoms with Gasteiger partial charge in [0.15, 0.2) is 0 Å². The average molecular weight is 327 g/mol. The summed E-state index contributed by atoms with van der Waals surface area (Å²) >= 11 is 1.56. The van der Waals surface area contributed by atoms with Gasteiger partial charge in [0.2, 0.25) is 0 Å². The van der Waals surface area contributed by atoms with Crippen LogP contribution in [0.4, 0.5) is 0 Å². The molecule has 2 aromatic heterocycles. The molecular weight excluding hydrogens is 306 g/mol. The summed E-state index contributed by atoms with van der Waals surface area (Å²) in [6.07, 6.45) is 0.885. The van der Waals surface area contributed by atoms with Crippen molar-refractivity contribution in [1.29, 1.82) is 0 Å². The van der Waals surface area contributed by atoms with E-state index >= 15 is 0 Å². The number of rotatable bonds is 5. The lowest BCUT2D eigenvalue weighted by Crippen LogP contribution is -2.24. The Labute approximate surface area is 140 Å². The number of carbonyl (C=O) groups excluding carboxylic acids is 1. The van der Waals surface area contributed by atoms with Crippen LogP contribution in [0.3, 0.4) is 0 Å². The minimum Gasteiger partial charge on any atom is -0.351 e. The summed E-state index contributed by atoms with van der Waals surface area (Å²) < 4.78 is 2.21. The number of aryl methyl sites for hydroxylation is 4. The third-order valence-electron chi connectivity index (χ3n) is 4.08. The number of para-hydroxylation sites is 2. The second-order valence-corrected chi connectivity index (χ2v) is 7.01. The SMILES string of the molecule is Cc1cc(C(=O)NCCCn2c(C)nc3ccccc32)sc1C. The molecular formula is C18H21N3OS. The zero-order valence-electron chi connectivity index (χ0n) is 13.7. The molecule has 0 aliphatic rings. The number of thiophene rings is 1. The highest BCUT2D eigenvalue weighted by molar-refractivity contribution is 7.14. The maximum absolute atomic E-state index is 12.1. The van der Waals surface area contributed by atoms with Gasteiger partial charge in [-0.1, -0.05) is 12.1 Å². The summed E-state index contributed by atoms with van der Waals surface area (Å²) in [7, 11) is 0. The van der Waals surface area contributed by atoms with Gasteiger partial charge in [-0.2, -0.15) is 0 Å². The second-order valence-electron chi connectivity index (χ2n) is 5.76. The zero-order chi connectivity index (χ0) is 16.4. The molecule has 0 fully saturated rings. The van der Waals surface area contributed by atoms with Crippen LogP contribution in [0.1, 0.15) is 32.4 Å². The minimum atomic E-state index is 0.0263. The zero-order valence-corrected chi connectivity index (χ0v) is 14.5. The Hall–Kier alpha value is -2.14. The van der Waals surface area contributed by atoms with Gasteiger partial charge in [-0.15, -0.1) is 11.3 Å². The molecule has 2 heterocycles. The van der Waals surface area contributed by atoms with E-state index in [0.29, 0.717) is 6.54 Å². The van der Waals surface area contributed by atoms with Crippen LogP contribution in [0.2, 0.25) is 0 Å². The fourth-order valence-electron chi connectivity index (χ4n) is 2.69. The highest BCUT2D eigenvalue weighted by atomic mass is 32.1. The predicted octanol–water partition coefficient (Wildman–Crippen LogP) is 3.84. The van der Waals surface area contributed by atoms with Crippen molar-refractivity contribution in [1.82, 2.24) is 14.9 Å². The number of fused-ring (bicyclic) bond motifs is 1. The molecule has 3 aromatic rings. The van der Waals surface area contributed by atoms with Crippen LogP contribution in [-0.2, 0) is 6.54 Å². The molecule has 0 saturated heterocycles. The van der Waals surface area contributed by atoms with Crippen LogP contribution in [0, 0.1) is 20.8 Å². The maximum atomic E-state index is 12.1. The molecule has 4 nitrogen and oxygen atoms in total. The third-order valence-corrected chi connectivity index (χ3v) is 5.23. The van der Waals surface area contributed by atoms with Crippen LogP contribution in [0.25, 0.3) is 11.0 Å². The molecule has 1 amide bonds. The monoisotopic (exact) mass is 327 g/mol. The molecule has 0 aliphatic heterocycles. The number of imidazole rings is 1. The summed E-state index contributed by atoms with van der Waals surface area (Å²) in [6.45, 7) is 7.63. The van der Waals surface area contributed by atoms with Gasteiger partial charge >= 0.3 is 0 Å². The van der Waals surface area contributed by atoms with Crippen molar-refractivity contribution in [3.8, 4) is 0 Å². The maximum Gasteiger partial charge on any atom is 0.261 e. The molecule has 1 aromatic carbocycles. The van der Waals surface area contributed by atoms with Gasteiger partial charge in [-0.05, 0) is 51.0 Å². The van der Waals surface area contributed by atoms with Gasteiger partial charge in [-0.3, -0.25) is 4.79 Å². The van der Waals surface area contributed by atoms with Crippen molar-refractivity contribution in [3.63, 3.8) is 0 Å². The lowest BCUT2D eigenvalue weighted by Gasteiger charge is -2.07. The van der Waals surface area contributed by atoms with E-state index in [2.05, 4.69) is 20.9 Å². The normalized spacial score (nSPS) is 11.1. The van der Waals surface area contributed by atoms with E-state index in [0.717, 1.165) is 34.7 Å². The second kappa shape index (κ2) is 6.54. The van der Waals surface area contributed by atoms with Gasteiger partial charge in [-0.25, -0.2) is 4.98 Å². The molecule has 0 aliphatic carbocycles. The van der Waals surface area contributed by atoms with Crippen LogP contribution >= 0.6 is 11.3 Å². The first kappa shape index (κ1) is 15.7. The first-order chi connectivity index (χ1) is 11.1. The highest BCUT2D eigenvalue weighted by Crippen LogP contribution is 2.20. The Morgan fingerprint density at radius 1 is 1.26 bits per heavy atom. The molecule has 0 saturated carbocycles. The van der Waals surface area contributed by atoms with Crippen molar-refractivity contribution >= 4 is 28.3 Å². The standard InChI is InChI=1S/C18H21N3OS/c1-12-11-17(23-13(12)2)18(22)19-9-6-10-21-14(3)20-15-7-4-5-8-16(15)21/h4-5,7-8,11H,6,9-10H2,1-3H3,(H,19,22). The molecule has 1 N–H and O–H groups in total. The summed E-state index contributed by atoms with van der Waals surface area (Å²) in [4.78, 5) is 18.7. The van der Waals surface area contributed by atoms with Gasteiger partial charge in [0.1, 0.15) is 5.82 Å². The average Bonchev–Trinajstić information content (AvgIpc) is 3.03. The molecule has 5 heteroatoms. The number of benzene rings is 1.